The van der Waals surface area contributed by atoms with E-state index in [0.717, 1.165) is 5.56 Å². The number of rotatable bonds is 2. The van der Waals surface area contributed by atoms with Crippen LogP contribution in [-0.4, -0.2) is 15.0 Å². The monoisotopic (exact) mass is 213 g/mol. The van der Waals surface area contributed by atoms with Crippen LogP contribution in [0.1, 0.15) is 0 Å². The third kappa shape index (κ3) is 1.48. The largest absolute Gasteiger partial charge is 0.444 e. The van der Waals surface area contributed by atoms with E-state index in [1.807, 2.05) is 12.1 Å². The molecule has 5 nitrogen and oxygen atoms in total. The van der Waals surface area contributed by atoms with Crippen molar-refractivity contribution < 1.29 is 8.83 Å². The molecule has 0 radical (unpaired) electrons. The third-order valence-electron chi connectivity index (χ3n) is 2.09. The summed E-state index contributed by atoms with van der Waals surface area (Å²) < 4.78 is 10.3. The van der Waals surface area contributed by atoms with E-state index in [4.69, 9.17) is 8.83 Å². The molecule has 0 aliphatic rings. The topological polar surface area (TPSA) is 65.0 Å². The molecule has 78 valence electrons. The molecule has 0 fully saturated rings. The Morgan fingerprint density at radius 1 is 0.812 bits per heavy atom. The molecule has 0 aliphatic carbocycles. The predicted molar refractivity (Wildman–Crippen MR) is 55.2 cm³/mol. The zero-order valence-electron chi connectivity index (χ0n) is 8.20. The Morgan fingerprint density at radius 3 is 2.12 bits per heavy atom. The van der Waals surface area contributed by atoms with Crippen LogP contribution in [0.3, 0.4) is 0 Å². The Morgan fingerprint density at radius 2 is 1.56 bits per heavy atom. The Kier molecular flexibility index (Phi) is 2.00. The fourth-order valence-corrected chi connectivity index (χ4v) is 1.36. The number of oxazole rings is 2. The average Bonchev–Trinajstić information content (AvgIpc) is 3.03. The highest BCUT2D eigenvalue weighted by Crippen LogP contribution is 2.19. The van der Waals surface area contributed by atoms with Gasteiger partial charge < -0.3 is 8.83 Å². The van der Waals surface area contributed by atoms with E-state index in [9.17, 15) is 0 Å². The van der Waals surface area contributed by atoms with E-state index in [-0.39, 0.29) is 0 Å². The van der Waals surface area contributed by atoms with Crippen molar-refractivity contribution in [3.63, 3.8) is 0 Å². The summed E-state index contributed by atoms with van der Waals surface area (Å²) in [6.45, 7) is 0. The van der Waals surface area contributed by atoms with Gasteiger partial charge in [0.1, 0.15) is 18.2 Å². The third-order valence-corrected chi connectivity index (χ3v) is 2.09. The summed E-state index contributed by atoms with van der Waals surface area (Å²) in [6, 6.07) is 3.67. The lowest BCUT2D eigenvalue weighted by atomic mass is 10.2. The summed E-state index contributed by atoms with van der Waals surface area (Å²) >= 11 is 0. The van der Waals surface area contributed by atoms with Crippen molar-refractivity contribution in [1.29, 1.82) is 0 Å². The maximum atomic E-state index is 5.16. The number of hydrogen-bond donors (Lipinski definition) is 0. The van der Waals surface area contributed by atoms with Crippen molar-refractivity contribution in [1.82, 2.24) is 15.0 Å². The minimum atomic E-state index is 0.499. The maximum absolute atomic E-state index is 5.16. The summed E-state index contributed by atoms with van der Waals surface area (Å²) in [5.74, 6) is 1.05. The molecule has 0 aromatic carbocycles. The molecule has 0 N–H and O–H groups in total. The molecule has 0 aliphatic heterocycles. The second-order valence-corrected chi connectivity index (χ2v) is 3.11. The van der Waals surface area contributed by atoms with Crippen LogP contribution in [0.4, 0.5) is 0 Å². The van der Waals surface area contributed by atoms with Crippen LogP contribution in [0.15, 0.2) is 52.1 Å². The van der Waals surface area contributed by atoms with E-state index in [0.29, 0.717) is 17.5 Å². The molecular weight excluding hydrogens is 206 g/mol. The molecule has 0 amide bonds. The number of nitrogens with zero attached hydrogens (tertiary/aromatic N) is 3. The minimum absolute atomic E-state index is 0.499. The Labute approximate surface area is 90.8 Å². The van der Waals surface area contributed by atoms with E-state index in [2.05, 4.69) is 15.0 Å². The molecule has 0 spiro atoms. The van der Waals surface area contributed by atoms with Gasteiger partial charge in [0.2, 0.25) is 11.8 Å². The van der Waals surface area contributed by atoms with E-state index < -0.39 is 0 Å². The van der Waals surface area contributed by atoms with Crippen LogP contribution < -0.4 is 0 Å². The van der Waals surface area contributed by atoms with Gasteiger partial charge in [-0.15, -0.1) is 0 Å². The normalized spacial score (nSPS) is 10.5. The molecule has 16 heavy (non-hydrogen) atoms. The molecule has 0 bridgehead atoms. The average molecular weight is 213 g/mol. The van der Waals surface area contributed by atoms with Crippen molar-refractivity contribution in [2.24, 2.45) is 0 Å². The number of pyridine rings is 1. The summed E-state index contributed by atoms with van der Waals surface area (Å²) in [6.07, 6.45) is 7.89. The molecule has 3 heterocycles. The van der Waals surface area contributed by atoms with Crippen LogP contribution in [-0.2, 0) is 0 Å². The summed E-state index contributed by atoms with van der Waals surface area (Å²) in [5, 5.41) is 0. The van der Waals surface area contributed by atoms with Crippen LogP contribution in [0.2, 0.25) is 0 Å². The molecule has 3 rings (SSSR count). The lowest BCUT2D eigenvalue weighted by Gasteiger charge is -1.96. The molecular formula is C11H7N3O2. The van der Waals surface area contributed by atoms with Crippen molar-refractivity contribution in [2.45, 2.75) is 0 Å². The fraction of sp³-hybridized carbons (Fsp3) is 0. The van der Waals surface area contributed by atoms with Crippen LogP contribution in [0.5, 0.6) is 0 Å². The van der Waals surface area contributed by atoms with Crippen molar-refractivity contribution >= 4 is 0 Å². The quantitative estimate of drug-likeness (QED) is 0.653. The molecule has 3 aromatic rings. The minimum Gasteiger partial charge on any atom is -0.444 e. The zero-order chi connectivity index (χ0) is 10.8. The lowest BCUT2D eigenvalue weighted by Crippen LogP contribution is -1.84. The van der Waals surface area contributed by atoms with Gasteiger partial charge in [-0.1, -0.05) is 0 Å². The highest BCUT2D eigenvalue weighted by atomic mass is 16.3. The smallest absolute Gasteiger partial charge is 0.244 e. The molecule has 5 heteroatoms. The van der Waals surface area contributed by atoms with Gasteiger partial charge in [-0.25, -0.2) is 9.97 Å². The Hall–Kier alpha value is -2.43. The number of hydrogen-bond acceptors (Lipinski definition) is 5. The first-order chi connectivity index (χ1) is 7.93. The van der Waals surface area contributed by atoms with Crippen LogP contribution >= 0.6 is 0 Å². The highest BCUT2D eigenvalue weighted by Gasteiger charge is 2.06. The second-order valence-electron chi connectivity index (χ2n) is 3.11. The van der Waals surface area contributed by atoms with E-state index in [1.54, 1.807) is 18.6 Å². The van der Waals surface area contributed by atoms with Gasteiger partial charge in [0.25, 0.3) is 0 Å². The number of aromatic nitrogens is 3. The molecule has 0 saturated heterocycles. The molecule has 0 unspecified atom stereocenters. The van der Waals surface area contributed by atoms with E-state index >= 15 is 0 Å². The van der Waals surface area contributed by atoms with Gasteiger partial charge in [0.05, 0.1) is 18.0 Å². The van der Waals surface area contributed by atoms with Crippen LogP contribution in [0, 0.1) is 0 Å². The first-order valence-corrected chi connectivity index (χ1v) is 4.69. The van der Waals surface area contributed by atoms with Gasteiger partial charge in [-0.3, -0.25) is 4.98 Å². The van der Waals surface area contributed by atoms with Gasteiger partial charge in [-0.05, 0) is 12.1 Å². The first kappa shape index (κ1) is 8.84. The molecule has 0 atom stereocenters. The van der Waals surface area contributed by atoms with Gasteiger partial charge in [0, 0.05) is 6.20 Å². The molecule has 3 aromatic heterocycles. The summed E-state index contributed by atoms with van der Waals surface area (Å²) in [7, 11) is 0. The predicted octanol–water partition coefficient (Wildman–Crippen LogP) is 2.39. The van der Waals surface area contributed by atoms with Crippen molar-refractivity contribution in [3.8, 4) is 23.0 Å². The maximum Gasteiger partial charge on any atom is 0.244 e. The lowest BCUT2D eigenvalue weighted by molar-refractivity contribution is 0.570. The summed E-state index contributed by atoms with van der Waals surface area (Å²) in [4.78, 5) is 12.3. The fourth-order valence-electron chi connectivity index (χ4n) is 1.36. The van der Waals surface area contributed by atoms with Gasteiger partial charge in [-0.2, -0.15) is 0 Å². The Balaban J connectivity index is 1.97. The zero-order valence-corrected chi connectivity index (χ0v) is 8.20. The summed E-state index contributed by atoms with van der Waals surface area (Å²) in [5.41, 5.74) is 1.50. The Bertz CT molecular complexity index is 503. The SMILES string of the molecule is c1coc(-c2ccc(-c3ncco3)nc2)n1. The molecule has 0 saturated carbocycles. The van der Waals surface area contributed by atoms with Crippen molar-refractivity contribution in [2.75, 3.05) is 0 Å². The standard InChI is InChI=1S/C11H7N3O2/c1-2-9(11-13-4-6-16-11)14-7-8(1)10-12-3-5-15-10/h1-7H. The van der Waals surface area contributed by atoms with Gasteiger partial charge in [0.15, 0.2) is 0 Å². The van der Waals surface area contributed by atoms with E-state index in [1.165, 1.54) is 12.5 Å². The first-order valence-electron chi connectivity index (χ1n) is 4.69. The highest BCUT2D eigenvalue weighted by molar-refractivity contribution is 5.56. The van der Waals surface area contributed by atoms with Crippen molar-refractivity contribution in [3.05, 3.63) is 43.2 Å². The second kappa shape index (κ2) is 3.62. The van der Waals surface area contributed by atoms with Crippen LogP contribution in [0.25, 0.3) is 23.0 Å². The van der Waals surface area contributed by atoms with Gasteiger partial charge >= 0.3 is 0 Å².